The Hall–Kier alpha value is -4.46. The lowest BCUT2D eigenvalue weighted by atomic mass is 9.78. The lowest BCUT2D eigenvalue weighted by Gasteiger charge is -2.32. The number of methoxy groups -OCH3 is 1. The van der Waals surface area contributed by atoms with Gasteiger partial charge < -0.3 is 19.5 Å². The molecule has 0 unspecified atom stereocenters. The number of likely N-dealkylation sites (N-methyl/N-ethyl adjacent to an activating group) is 1. The van der Waals surface area contributed by atoms with Crippen molar-refractivity contribution in [3.05, 3.63) is 66.2 Å². The molecule has 2 fully saturated rings. The number of carboxylic acid groups (broad SMARTS) is 1. The molecule has 0 saturated carbocycles. The average Bonchev–Trinajstić information content (AvgIpc) is 3.45. The predicted octanol–water partition coefficient (Wildman–Crippen LogP) is 2.25. The van der Waals surface area contributed by atoms with E-state index in [4.69, 9.17) is 19.4 Å². The smallest absolute Gasteiger partial charge is 0.484 e. The van der Waals surface area contributed by atoms with E-state index in [9.17, 15) is 32.3 Å². The maximum atomic E-state index is 13.6. The van der Waals surface area contributed by atoms with Gasteiger partial charge in [-0.2, -0.15) is 13.2 Å². The Balaban J connectivity index is 0.000000646. The molecule has 43 heavy (non-hydrogen) atoms. The van der Waals surface area contributed by atoms with E-state index in [0.717, 1.165) is 5.56 Å². The molecule has 2 aromatic carbocycles. The van der Waals surface area contributed by atoms with Gasteiger partial charge in [-0.3, -0.25) is 29.4 Å². The Labute approximate surface area is 245 Å². The first-order valence-electron chi connectivity index (χ1n) is 13.2. The van der Waals surface area contributed by atoms with Crippen LogP contribution in [0.15, 0.2) is 60.7 Å². The number of amides is 3. The standard InChI is InChI=1S/C27H31N3O6.C2HF3O2/c1-4-27(26(34)35-3)23-22(24(32)30(25(23)33)15-18-11-7-5-8-12-18)20(28-27)16-29(2)21(31)17-36-19-13-9-6-10-14-19;3-2(4,5)1(6)7/h5-14,20,22-23,28H,4,15-17H2,1-3H3;(H,6,7)/t20-,22+,23-,27-;/m1./s1. The Morgan fingerprint density at radius 1 is 1.02 bits per heavy atom. The highest BCUT2D eigenvalue weighted by molar-refractivity contribution is 6.09. The number of carbonyl (C=O) groups excluding carboxylic acids is 4. The molecule has 4 rings (SSSR count). The monoisotopic (exact) mass is 607 g/mol. The number of fused-ring (bicyclic) bond motifs is 1. The number of aliphatic carboxylic acids is 1. The molecule has 0 radical (unpaired) electrons. The number of benzene rings is 2. The number of carbonyl (C=O) groups is 5. The molecule has 232 valence electrons. The molecule has 2 aliphatic rings. The first-order valence-corrected chi connectivity index (χ1v) is 13.2. The van der Waals surface area contributed by atoms with Gasteiger partial charge in [0.05, 0.1) is 25.5 Å². The molecule has 11 nitrogen and oxygen atoms in total. The minimum Gasteiger partial charge on any atom is -0.484 e. The summed E-state index contributed by atoms with van der Waals surface area (Å²) < 4.78 is 42.4. The van der Waals surface area contributed by atoms with E-state index < -0.39 is 47.4 Å². The number of para-hydroxylation sites is 1. The normalized spacial score (nSPS) is 22.7. The fourth-order valence-corrected chi connectivity index (χ4v) is 5.27. The third kappa shape index (κ3) is 7.31. The fraction of sp³-hybridized carbons (Fsp3) is 0.414. The molecule has 2 N–H and O–H groups in total. The van der Waals surface area contributed by atoms with Crippen molar-refractivity contribution in [2.75, 3.05) is 27.3 Å². The molecule has 2 aromatic rings. The summed E-state index contributed by atoms with van der Waals surface area (Å²) in [6.45, 7) is 1.85. The Bertz CT molecular complexity index is 1330. The molecule has 2 saturated heterocycles. The number of nitrogens with one attached hydrogen (secondary N) is 1. The second-order valence-electron chi connectivity index (χ2n) is 10.00. The summed E-state index contributed by atoms with van der Waals surface area (Å²) in [4.78, 5) is 64.5. The second-order valence-corrected chi connectivity index (χ2v) is 10.00. The lowest BCUT2D eigenvalue weighted by Crippen LogP contribution is -2.58. The minimum absolute atomic E-state index is 0.120. The van der Waals surface area contributed by atoms with Gasteiger partial charge in [0.2, 0.25) is 11.8 Å². The summed E-state index contributed by atoms with van der Waals surface area (Å²) in [5.41, 5.74) is -0.540. The summed E-state index contributed by atoms with van der Waals surface area (Å²) in [7, 11) is 2.88. The van der Waals surface area contributed by atoms with Gasteiger partial charge >= 0.3 is 18.1 Å². The van der Waals surface area contributed by atoms with Gasteiger partial charge in [0.25, 0.3) is 5.91 Å². The van der Waals surface area contributed by atoms with Crippen LogP contribution in [0.25, 0.3) is 0 Å². The molecule has 0 aromatic heterocycles. The van der Waals surface area contributed by atoms with Crippen LogP contribution in [0.2, 0.25) is 0 Å². The lowest BCUT2D eigenvalue weighted by molar-refractivity contribution is -0.192. The van der Waals surface area contributed by atoms with Gasteiger partial charge in [0, 0.05) is 19.6 Å². The van der Waals surface area contributed by atoms with Crippen LogP contribution in [0.1, 0.15) is 18.9 Å². The highest BCUT2D eigenvalue weighted by Gasteiger charge is 2.67. The highest BCUT2D eigenvalue weighted by Crippen LogP contribution is 2.45. The molecule has 0 aliphatic carbocycles. The van der Waals surface area contributed by atoms with Gasteiger partial charge in [-0.05, 0) is 24.1 Å². The number of carboxylic acids is 1. The van der Waals surface area contributed by atoms with Crippen LogP contribution in [0.4, 0.5) is 13.2 Å². The number of rotatable bonds is 9. The second kappa shape index (κ2) is 13.7. The van der Waals surface area contributed by atoms with Crippen LogP contribution in [-0.4, -0.2) is 89.6 Å². The zero-order valence-corrected chi connectivity index (χ0v) is 23.7. The third-order valence-corrected chi connectivity index (χ3v) is 7.38. The fourth-order valence-electron chi connectivity index (χ4n) is 5.27. The van der Waals surface area contributed by atoms with Crippen molar-refractivity contribution in [3.8, 4) is 5.75 Å². The van der Waals surface area contributed by atoms with Crippen LogP contribution >= 0.6 is 0 Å². The van der Waals surface area contributed by atoms with Crippen LogP contribution < -0.4 is 10.1 Å². The Morgan fingerprint density at radius 3 is 2.09 bits per heavy atom. The molecular weight excluding hydrogens is 575 g/mol. The summed E-state index contributed by atoms with van der Waals surface area (Å²) in [5.74, 6) is -5.54. The molecule has 2 heterocycles. The topological polar surface area (TPSA) is 143 Å². The summed E-state index contributed by atoms with van der Waals surface area (Å²) >= 11 is 0. The molecule has 14 heteroatoms. The van der Waals surface area contributed by atoms with Gasteiger partial charge in [0.1, 0.15) is 11.3 Å². The first-order chi connectivity index (χ1) is 20.3. The third-order valence-electron chi connectivity index (χ3n) is 7.38. The van der Waals surface area contributed by atoms with E-state index in [0.29, 0.717) is 5.75 Å². The minimum atomic E-state index is -5.08. The predicted molar refractivity (Wildman–Crippen MR) is 144 cm³/mol. The number of alkyl halides is 3. The van der Waals surface area contributed by atoms with E-state index in [1.54, 1.807) is 26.1 Å². The van der Waals surface area contributed by atoms with E-state index in [-0.39, 0.29) is 37.9 Å². The van der Waals surface area contributed by atoms with Crippen molar-refractivity contribution in [2.45, 2.75) is 37.6 Å². The van der Waals surface area contributed by atoms with Crippen molar-refractivity contribution >= 4 is 29.7 Å². The van der Waals surface area contributed by atoms with Gasteiger partial charge in [-0.1, -0.05) is 55.5 Å². The number of halogens is 3. The molecule has 2 aliphatic heterocycles. The molecule has 4 atom stereocenters. The molecule has 0 spiro atoms. The quantitative estimate of drug-likeness (QED) is 0.324. The number of ether oxygens (including phenoxy) is 2. The van der Waals surface area contributed by atoms with Gasteiger partial charge in [-0.25, -0.2) is 4.79 Å². The van der Waals surface area contributed by atoms with Gasteiger partial charge in [0.15, 0.2) is 6.61 Å². The average molecular weight is 608 g/mol. The molecule has 0 bridgehead atoms. The van der Waals surface area contributed by atoms with Crippen LogP contribution in [-0.2, 0) is 35.3 Å². The van der Waals surface area contributed by atoms with E-state index >= 15 is 0 Å². The number of nitrogens with zero attached hydrogens (tertiary/aromatic N) is 2. The van der Waals surface area contributed by atoms with Crippen molar-refractivity contribution < 1.29 is 51.7 Å². The maximum Gasteiger partial charge on any atom is 0.490 e. The zero-order valence-electron chi connectivity index (χ0n) is 23.7. The van der Waals surface area contributed by atoms with Crippen LogP contribution in [0, 0.1) is 11.8 Å². The van der Waals surface area contributed by atoms with Crippen LogP contribution in [0.3, 0.4) is 0 Å². The zero-order chi connectivity index (χ0) is 31.9. The molecule has 3 amide bonds. The van der Waals surface area contributed by atoms with Crippen molar-refractivity contribution in [3.63, 3.8) is 0 Å². The van der Waals surface area contributed by atoms with Crippen molar-refractivity contribution in [1.82, 2.24) is 15.1 Å². The van der Waals surface area contributed by atoms with Gasteiger partial charge in [-0.15, -0.1) is 0 Å². The number of likely N-dealkylation sites (tertiary alicyclic amines) is 1. The van der Waals surface area contributed by atoms with Crippen molar-refractivity contribution in [2.24, 2.45) is 11.8 Å². The highest BCUT2D eigenvalue weighted by atomic mass is 19.4. The van der Waals surface area contributed by atoms with Crippen molar-refractivity contribution in [1.29, 1.82) is 0 Å². The van der Waals surface area contributed by atoms with Crippen LogP contribution in [0.5, 0.6) is 5.75 Å². The first kappa shape index (κ1) is 33.0. The number of imide groups is 1. The number of esters is 1. The number of hydrogen-bond donors (Lipinski definition) is 2. The van der Waals surface area contributed by atoms with E-state index in [1.165, 1.54) is 16.9 Å². The van der Waals surface area contributed by atoms with E-state index in [2.05, 4.69) is 5.32 Å². The largest absolute Gasteiger partial charge is 0.490 e. The SMILES string of the molecule is CC[C@@]1(C(=O)OC)N[C@H](CN(C)C(=O)COc2ccccc2)[C@@H]2C(=O)N(Cc3ccccc3)C(=O)[C@@H]21.O=C(O)C(F)(F)F. The maximum absolute atomic E-state index is 13.6. The molecular formula is C29H32F3N3O8. The van der Waals surface area contributed by atoms with E-state index in [1.807, 2.05) is 48.5 Å². The summed E-state index contributed by atoms with van der Waals surface area (Å²) in [5, 5.41) is 10.4. The number of hydrogen-bond acceptors (Lipinski definition) is 8. The summed E-state index contributed by atoms with van der Waals surface area (Å²) in [6.07, 6.45) is -4.83. The summed E-state index contributed by atoms with van der Waals surface area (Å²) in [6, 6.07) is 17.6. The Morgan fingerprint density at radius 2 is 1.58 bits per heavy atom. The Kier molecular flexibility index (Phi) is 10.5.